The van der Waals surface area contributed by atoms with Gasteiger partial charge in [0.1, 0.15) is 19.6 Å². The third-order valence-electron chi connectivity index (χ3n) is 2.54. The average Bonchev–Trinajstić information content (AvgIpc) is 2.35. The van der Waals surface area contributed by atoms with Gasteiger partial charge in [-0.1, -0.05) is 31.8 Å². The first-order valence-corrected chi connectivity index (χ1v) is 14.0. The van der Waals surface area contributed by atoms with Gasteiger partial charge in [0.2, 0.25) is 0 Å². The molecule has 0 spiro atoms. The van der Waals surface area contributed by atoms with E-state index in [0.29, 0.717) is 10.9 Å². The molecule has 0 fully saturated rings. The van der Waals surface area contributed by atoms with E-state index >= 15 is 0 Å². The normalized spacial score (nSPS) is 13.7. The molecule has 4 nitrogen and oxygen atoms in total. The Morgan fingerprint density at radius 2 is 1.58 bits per heavy atom. The molecule has 1 aromatic rings. The Balaban J connectivity index is 0.000000561. The second kappa shape index (κ2) is 9.11. The highest BCUT2D eigenvalue weighted by Crippen LogP contribution is 2.20. The fourth-order valence-electron chi connectivity index (χ4n) is 1.80. The zero-order valence-electron chi connectivity index (χ0n) is 14.3. The number of methoxy groups -OCH3 is 1. The van der Waals surface area contributed by atoms with E-state index in [4.69, 9.17) is 17.7 Å². The Hall–Kier alpha value is -0.713. The van der Waals surface area contributed by atoms with Crippen LogP contribution < -0.4 is 4.74 Å². The van der Waals surface area contributed by atoms with Crippen LogP contribution >= 0.6 is 0 Å². The molecule has 0 radical (unpaired) electrons. The van der Waals surface area contributed by atoms with E-state index in [0.717, 1.165) is 5.75 Å². The van der Waals surface area contributed by atoms with Gasteiger partial charge in [-0.2, -0.15) is 13.2 Å². The smallest absolute Gasteiger partial charge is 0.485 e. The van der Waals surface area contributed by atoms with Gasteiger partial charge in [0.05, 0.1) is 18.7 Å². The van der Waals surface area contributed by atoms with E-state index in [1.165, 1.54) is 16.7 Å². The van der Waals surface area contributed by atoms with Gasteiger partial charge in [-0.25, -0.2) is 8.42 Å². The van der Waals surface area contributed by atoms with Crippen molar-refractivity contribution in [2.45, 2.75) is 30.9 Å². The summed E-state index contributed by atoms with van der Waals surface area (Å²) in [5.74, 6) is 2.17. The van der Waals surface area contributed by atoms with Crippen molar-refractivity contribution < 1.29 is 30.9 Å². The summed E-state index contributed by atoms with van der Waals surface area (Å²) >= 11 is 0. The number of rotatable bonds is 5. The molecule has 1 atom stereocenters. The van der Waals surface area contributed by atoms with E-state index < -0.39 is 23.7 Å². The molecule has 0 heterocycles. The molecule has 1 unspecified atom stereocenters. The molecule has 0 saturated carbocycles. The lowest BCUT2D eigenvalue weighted by molar-refractivity contribution is -0.0517. The summed E-state index contributed by atoms with van der Waals surface area (Å²) in [5.41, 5.74) is -4.21. The van der Waals surface area contributed by atoms with Gasteiger partial charge in [0.25, 0.3) is 0 Å². The van der Waals surface area contributed by atoms with E-state index in [2.05, 4.69) is 50.2 Å². The summed E-state index contributed by atoms with van der Waals surface area (Å²) in [5, 5.41) is 1.43. The van der Waals surface area contributed by atoms with Crippen LogP contribution in [-0.2, 0) is 26.8 Å². The highest BCUT2D eigenvalue weighted by Gasteiger charge is 2.36. The van der Waals surface area contributed by atoms with Gasteiger partial charge in [-0.15, -0.1) is 0 Å². The number of alkyl halides is 3. The Bertz CT molecular complexity index is 596. The topological polar surface area (TPSA) is 66.4 Å². The Morgan fingerprint density at radius 3 is 1.88 bits per heavy atom. The van der Waals surface area contributed by atoms with E-state index in [9.17, 15) is 13.2 Å². The summed E-state index contributed by atoms with van der Waals surface area (Å²) in [6.45, 7) is 7.35. The Morgan fingerprint density at radius 1 is 1.17 bits per heavy atom. The lowest BCUT2D eigenvalue weighted by Crippen LogP contribution is -2.32. The molecule has 0 aliphatic carbocycles. The second-order valence-electron chi connectivity index (χ2n) is 6.38. The van der Waals surface area contributed by atoms with Gasteiger partial charge in [-0.3, -0.25) is 0 Å². The van der Waals surface area contributed by atoms with Crippen LogP contribution in [0.3, 0.4) is 0 Å². The van der Waals surface area contributed by atoms with Crippen molar-refractivity contribution in [3.8, 4) is 5.75 Å². The van der Waals surface area contributed by atoms with Crippen molar-refractivity contribution in [3.05, 3.63) is 29.8 Å². The number of halogens is 3. The summed E-state index contributed by atoms with van der Waals surface area (Å²) in [6.07, 6.45) is 2.39. The van der Waals surface area contributed by atoms with Crippen LogP contribution in [0.25, 0.3) is 0 Å². The van der Waals surface area contributed by atoms with Crippen LogP contribution in [0.2, 0.25) is 19.6 Å². The highest BCUT2D eigenvalue weighted by molar-refractivity contribution is 7.97. The van der Waals surface area contributed by atoms with Crippen molar-refractivity contribution in [2.24, 2.45) is 0 Å². The van der Waals surface area contributed by atoms with Crippen LogP contribution in [0.15, 0.2) is 24.3 Å². The maximum atomic E-state index is 10.7. The molecular formula is C14H23F3O4S2Si. The molecule has 0 aromatic heterocycles. The van der Waals surface area contributed by atoms with Crippen LogP contribution in [0.5, 0.6) is 5.75 Å². The van der Waals surface area contributed by atoms with Gasteiger partial charge < -0.3 is 9.29 Å². The van der Waals surface area contributed by atoms with Crippen LogP contribution in [0, 0.1) is 0 Å². The predicted molar refractivity (Wildman–Crippen MR) is 94.0 cm³/mol. The molecule has 0 saturated heterocycles. The van der Waals surface area contributed by atoms with Crippen molar-refractivity contribution >= 4 is 29.1 Å². The molecular weight excluding hydrogens is 381 g/mol. The van der Waals surface area contributed by atoms with Crippen LogP contribution in [-0.4, -0.2) is 45.3 Å². The van der Waals surface area contributed by atoms with E-state index in [-0.39, 0.29) is 0 Å². The molecule has 0 bridgehead atoms. The van der Waals surface area contributed by atoms with Crippen molar-refractivity contribution in [1.29, 1.82) is 0 Å². The minimum absolute atomic E-state index is 0.522. The number of benzene rings is 1. The first kappa shape index (κ1) is 23.3. The second-order valence-corrected chi connectivity index (χ2v) is 15.9. The average molecular weight is 405 g/mol. The summed E-state index contributed by atoms with van der Waals surface area (Å²) in [4.78, 5) is 0. The quantitative estimate of drug-likeness (QED) is 0.327. The van der Waals surface area contributed by atoms with Crippen LogP contribution in [0.1, 0.15) is 5.56 Å². The molecule has 1 aromatic carbocycles. The third-order valence-corrected chi connectivity index (χ3v) is 9.36. The third kappa shape index (κ3) is 10.2. The minimum Gasteiger partial charge on any atom is -0.741 e. The van der Waals surface area contributed by atoms with Crippen molar-refractivity contribution in [2.75, 3.05) is 18.7 Å². The maximum Gasteiger partial charge on any atom is 0.485 e. The van der Waals surface area contributed by atoms with Crippen LogP contribution in [0.4, 0.5) is 13.2 Å². The van der Waals surface area contributed by atoms with Gasteiger partial charge in [0.15, 0.2) is 10.1 Å². The van der Waals surface area contributed by atoms with E-state index in [1.54, 1.807) is 7.11 Å². The summed E-state index contributed by atoms with van der Waals surface area (Å²) in [6, 6.07) is 8.49. The first-order valence-electron chi connectivity index (χ1n) is 6.90. The van der Waals surface area contributed by atoms with Gasteiger partial charge in [0, 0.05) is 5.56 Å². The molecule has 0 amide bonds. The largest absolute Gasteiger partial charge is 0.741 e. The molecule has 0 N–H and O–H groups in total. The summed E-state index contributed by atoms with van der Waals surface area (Å²) in [7, 11) is -4.76. The molecule has 140 valence electrons. The standard InChI is InChI=1S/C13H23OSSi.CHF3O3S/c1-14-13-8-6-12(7-9-13)10-15(2)11-16(3,4)5;2-1(3,4)8(5,6)7/h6-9H,10-11H2,1-5H3;(H,5,6,7)/q+1;/p-1. The van der Waals surface area contributed by atoms with Gasteiger partial charge in [-0.05, 0) is 23.0 Å². The van der Waals surface area contributed by atoms with E-state index in [1.807, 2.05) is 0 Å². The Kier molecular flexibility index (Phi) is 8.84. The molecule has 24 heavy (non-hydrogen) atoms. The monoisotopic (exact) mass is 404 g/mol. The Labute approximate surface area is 145 Å². The number of ether oxygens (including phenoxy) is 1. The zero-order valence-corrected chi connectivity index (χ0v) is 16.9. The molecule has 1 rings (SSSR count). The lowest BCUT2D eigenvalue weighted by atomic mass is 10.2. The maximum absolute atomic E-state index is 10.7. The lowest BCUT2D eigenvalue weighted by Gasteiger charge is -2.14. The number of hydrogen-bond acceptors (Lipinski definition) is 4. The fourth-order valence-corrected chi connectivity index (χ4v) is 8.88. The molecule has 10 heteroatoms. The predicted octanol–water partition coefficient (Wildman–Crippen LogP) is 3.37. The molecule has 0 aliphatic rings. The summed E-state index contributed by atoms with van der Waals surface area (Å²) < 4.78 is 64.1. The molecule has 0 aliphatic heterocycles. The fraction of sp³-hybridized carbons (Fsp3) is 0.571. The van der Waals surface area contributed by atoms with Crippen molar-refractivity contribution in [3.63, 3.8) is 0 Å². The number of hydrogen-bond donors (Lipinski definition) is 0. The minimum atomic E-state index is -6.09. The van der Waals surface area contributed by atoms with Gasteiger partial charge >= 0.3 is 5.51 Å². The zero-order chi connectivity index (χ0) is 19.2. The van der Waals surface area contributed by atoms with Crippen molar-refractivity contribution in [1.82, 2.24) is 0 Å². The SMILES string of the molecule is COc1ccc(C[S+](C)C[Si](C)(C)C)cc1.O=S(=O)([O-])C(F)(F)F. The first-order chi connectivity index (χ1) is 10.7. The highest BCUT2D eigenvalue weighted by atomic mass is 32.2.